The van der Waals surface area contributed by atoms with Crippen molar-refractivity contribution in [1.29, 1.82) is 0 Å². The van der Waals surface area contributed by atoms with Gasteiger partial charge in [0.25, 0.3) is 0 Å². The van der Waals surface area contributed by atoms with Crippen molar-refractivity contribution in [3.05, 3.63) is 0 Å². The van der Waals surface area contributed by atoms with Crippen LogP contribution >= 0.6 is 0 Å². The Morgan fingerprint density at radius 1 is 1.43 bits per heavy atom. The first-order chi connectivity index (χ1) is 6.77. The Hall–Kier alpha value is -0.610. The maximum atomic E-state index is 10.7. The van der Waals surface area contributed by atoms with E-state index in [1.54, 1.807) is 12.0 Å². The van der Waals surface area contributed by atoms with Gasteiger partial charge >= 0.3 is 0 Å². The van der Waals surface area contributed by atoms with Gasteiger partial charge in [-0.05, 0) is 12.8 Å². The summed E-state index contributed by atoms with van der Waals surface area (Å²) in [5, 5.41) is 0. The highest BCUT2D eigenvalue weighted by Crippen LogP contribution is 2.32. The number of methoxy groups -OCH3 is 1. The fraction of sp³-hybridized carbons (Fsp3) is 0.900. The van der Waals surface area contributed by atoms with Crippen molar-refractivity contribution in [2.45, 2.75) is 31.0 Å². The van der Waals surface area contributed by atoms with Crippen LogP contribution in [-0.2, 0) is 9.53 Å². The molecule has 14 heavy (non-hydrogen) atoms. The van der Waals surface area contributed by atoms with Gasteiger partial charge in [-0.3, -0.25) is 9.69 Å². The molecule has 1 amide bonds. The lowest BCUT2D eigenvalue weighted by molar-refractivity contribution is -0.119. The van der Waals surface area contributed by atoms with Crippen LogP contribution in [0.5, 0.6) is 0 Å². The second-order valence-corrected chi connectivity index (χ2v) is 4.22. The lowest BCUT2D eigenvalue weighted by Crippen LogP contribution is -2.45. The van der Waals surface area contributed by atoms with Gasteiger partial charge in [0.15, 0.2) is 0 Å². The number of carbonyl (C=O) groups is 1. The monoisotopic (exact) mass is 198 g/mol. The smallest absolute Gasteiger partial charge is 0.209 e. The third-order valence-electron chi connectivity index (χ3n) is 3.60. The van der Waals surface area contributed by atoms with E-state index in [1.165, 1.54) is 0 Å². The van der Waals surface area contributed by atoms with Crippen LogP contribution < -0.4 is 0 Å². The molecule has 0 aromatic rings. The van der Waals surface area contributed by atoms with Crippen LogP contribution in [0.1, 0.15) is 12.8 Å². The van der Waals surface area contributed by atoms with E-state index in [1.807, 2.05) is 7.05 Å². The largest absolute Gasteiger partial charge is 0.380 e. The maximum absolute atomic E-state index is 10.7. The van der Waals surface area contributed by atoms with Crippen molar-refractivity contribution >= 4 is 6.41 Å². The minimum absolute atomic E-state index is 0.310. The number of hydrogen-bond donors (Lipinski definition) is 0. The number of amides is 1. The minimum Gasteiger partial charge on any atom is -0.380 e. The van der Waals surface area contributed by atoms with Gasteiger partial charge in [-0.2, -0.15) is 0 Å². The molecule has 2 aliphatic heterocycles. The lowest BCUT2D eigenvalue weighted by atomic mass is 10.0. The second kappa shape index (κ2) is 3.87. The highest BCUT2D eigenvalue weighted by Gasteiger charge is 2.45. The van der Waals surface area contributed by atoms with Gasteiger partial charge in [0.1, 0.15) is 0 Å². The normalized spacial score (nSPS) is 37.1. The van der Waals surface area contributed by atoms with Crippen molar-refractivity contribution in [3.8, 4) is 0 Å². The summed E-state index contributed by atoms with van der Waals surface area (Å²) < 4.78 is 5.47. The van der Waals surface area contributed by atoms with E-state index in [4.69, 9.17) is 4.74 Å². The van der Waals surface area contributed by atoms with Crippen molar-refractivity contribution in [2.75, 3.05) is 27.2 Å². The molecule has 0 N–H and O–H groups in total. The standard InChI is InChI=1S/C10H18N2O2/c1-11(7-13)8-3-5-12-6-4-9(14-2)10(8)12/h7-10H,3-6H2,1-2H3/t8-,9?,10+/m1/s1. The predicted molar refractivity (Wildman–Crippen MR) is 53.0 cm³/mol. The van der Waals surface area contributed by atoms with Crippen molar-refractivity contribution in [2.24, 2.45) is 0 Å². The molecule has 0 saturated carbocycles. The fourth-order valence-corrected chi connectivity index (χ4v) is 2.85. The van der Waals surface area contributed by atoms with Crippen LogP contribution in [0, 0.1) is 0 Å². The number of hydrogen-bond acceptors (Lipinski definition) is 3. The molecular formula is C10H18N2O2. The third-order valence-corrected chi connectivity index (χ3v) is 3.60. The lowest BCUT2D eigenvalue weighted by Gasteiger charge is -2.29. The summed E-state index contributed by atoms with van der Waals surface area (Å²) in [5.41, 5.74) is 0. The van der Waals surface area contributed by atoms with Gasteiger partial charge in [0.2, 0.25) is 6.41 Å². The molecule has 2 heterocycles. The molecular weight excluding hydrogens is 180 g/mol. The van der Waals surface area contributed by atoms with E-state index in [9.17, 15) is 4.79 Å². The van der Waals surface area contributed by atoms with Crippen LogP contribution in [0.3, 0.4) is 0 Å². The molecule has 0 spiro atoms. The summed E-state index contributed by atoms with van der Waals surface area (Å²) in [6.45, 7) is 2.22. The number of likely N-dealkylation sites (N-methyl/N-ethyl adjacent to an activating group) is 1. The highest BCUT2D eigenvalue weighted by molar-refractivity contribution is 5.47. The van der Waals surface area contributed by atoms with Crippen LogP contribution in [0.15, 0.2) is 0 Å². The van der Waals surface area contributed by atoms with Gasteiger partial charge in [0.05, 0.1) is 18.2 Å². The summed E-state index contributed by atoms with van der Waals surface area (Å²) in [4.78, 5) is 15.0. The molecule has 2 saturated heterocycles. The number of ether oxygens (including phenoxy) is 1. The molecule has 1 unspecified atom stereocenters. The molecule has 2 rings (SSSR count). The molecule has 0 aromatic carbocycles. The summed E-state index contributed by atoms with van der Waals surface area (Å²) in [6.07, 6.45) is 3.42. The van der Waals surface area contributed by atoms with Crippen LogP contribution in [-0.4, -0.2) is 61.6 Å². The Balaban J connectivity index is 2.09. The Labute approximate surface area is 84.8 Å². The summed E-state index contributed by atoms with van der Waals surface area (Å²) in [6, 6.07) is 0.773. The number of nitrogens with zero attached hydrogens (tertiary/aromatic N) is 2. The van der Waals surface area contributed by atoms with E-state index < -0.39 is 0 Å². The van der Waals surface area contributed by atoms with E-state index >= 15 is 0 Å². The van der Waals surface area contributed by atoms with Gasteiger partial charge in [0, 0.05) is 27.2 Å². The quantitative estimate of drug-likeness (QED) is 0.595. The summed E-state index contributed by atoms with van der Waals surface area (Å²) >= 11 is 0. The molecule has 0 aliphatic carbocycles. The maximum Gasteiger partial charge on any atom is 0.209 e. The van der Waals surface area contributed by atoms with Crippen LogP contribution in [0.4, 0.5) is 0 Å². The molecule has 4 heteroatoms. The van der Waals surface area contributed by atoms with Crippen molar-refractivity contribution < 1.29 is 9.53 Å². The Morgan fingerprint density at radius 3 is 2.79 bits per heavy atom. The molecule has 3 atom stereocenters. The fourth-order valence-electron chi connectivity index (χ4n) is 2.85. The summed E-state index contributed by atoms with van der Waals surface area (Å²) in [5.74, 6) is 0. The Kier molecular flexibility index (Phi) is 2.74. The average molecular weight is 198 g/mol. The minimum atomic E-state index is 0.310. The number of fused-ring (bicyclic) bond motifs is 1. The van der Waals surface area contributed by atoms with Gasteiger partial charge in [-0.25, -0.2) is 0 Å². The van der Waals surface area contributed by atoms with Crippen molar-refractivity contribution in [3.63, 3.8) is 0 Å². The van der Waals surface area contributed by atoms with E-state index in [-0.39, 0.29) is 0 Å². The topological polar surface area (TPSA) is 32.8 Å². The number of carbonyl (C=O) groups excluding carboxylic acids is 1. The highest BCUT2D eigenvalue weighted by atomic mass is 16.5. The van der Waals surface area contributed by atoms with Gasteiger partial charge in [-0.15, -0.1) is 0 Å². The zero-order chi connectivity index (χ0) is 10.1. The first-order valence-electron chi connectivity index (χ1n) is 5.22. The van der Waals surface area contributed by atoms with E-state index in [0.29, 0.717) is 18.2 Å². The van der Waals surface area contributed by atoms with Gasteiger partial charge in [-0.1, -0.05) is 0 Å². The van der Waals surface area contributed by atoms with Crippen LogP contribution in [0.2, 0.25) is 0 Å². The second-order valence-electron chi connectivity index (χ2n) is 4.22. The Bertz CT molecular complexity index is 222. The van der Waals surface area contributed by atoms with Crippen molar-refractivity contribution in [1.82, 2.24) is 9.80 Å². The molecule has 2 aliphatic rings. The number of rotatable bonds is 3. The third kappa shape index (κ3) is 1.42. The average Bonchev–Trinajstić information content (AvgIpc) is 2.76. The van der Waals surface area contributed by atoms with E-state index in [0.717, 1.165) is 32.3 Å². The van der Waals surface area contributed by atoms with Gasteiger partial charge < -0.3 is 9.64 Å². The molecule has 0 aromatic heterocycles. The summed E-state index contributed by atoms with van der Waals surface area (Å²) in [7, 11) is 3.64. The van der Waals surface area contributed by atoms with E-state index in [2.05, 4.69) is 4.90 Å². The predicted octanol–water partition coefficient (Wildman–Crippen LogP) is -0.0638. The van der Waals surface area contributed by atoms with Crippen LogP contribution in [0.25, 0.3) is 0 Å². The Morgan fingerprint density at radius 2 is 2.14 bits per heavy atom. The molecule has 4 nitrogen and oxygen atoms in total. The molecule has 0 bridgehead atoms. The first-order valence-corrected chi connectivity index (χ1v) is 5.22. The zero-order valence-electron chi connectivity index (χ0n) is 8.85. The SMILES string of the molecule is COC1CCN2CC[C@@H](N(C)C=O)[C@@H]12. The molecule has 0 radical (unpaired) electrons. The first kappa shape index (κ1) is 9.93. The zero-order valence-corrected chi connectivity index (χ0v) is 8.85. The molecule has 2 fully saturated rings. The molecule has 80 valence electrons.